The Morgan fingerprint density at radius 2 is 1.91 bits per heavy atom. The van der Waals surface area contributed by atoms with Gasteiger partial charge in [0.05, 0.1) is 6.10 Å². The molecule has 3 rings (SSSR count). The van der Waals surface area contributed by atoms with Crippen molar-refractivity contribution in [1.82, 2.24) is 15.3 Å². The van der Waals surface area contributed by atoms with Gasteiger partial charge in [0.1, 0.15) is 16.8 Å². The van der Waals surface area contributed by atoms with Crippen LogP contribution in [-0.4, -0.2) is 46.3 Å². The molecule has 2 N–H and O–H groups in total. The summed E-state index contributed by atoms with van der Waals surface area (Å²) < 4.78 is 11.0. The molecule has 2 unspecified atom stereocenters. The lowest BCUT2D eigenvalue weighted by molar-refractivity contribution is -0.165. The number of rotatable bonds is 10. The number of aryl methyl sites for hydroxylation is 1. The van der Waals surface area contributed by atoms with Crippen molar-refractivity contribution in [2.24, 2.45) is 0 Å². The first-order valence-corrected chi connectivity index (χ1v) is 11.3. The number of carbonyl (C=O) groups excluding carboxylic acids is 1. The number of carboxylic acid groups (broad SMARTS) is 1. The highest BCUT2D eigenvalue weighted by Gasteiger charge is 2.31. The molecule has 0 spiro atoms. The lowest BCUT2D eigenvalue weighted by Gasteiger charge is -2.25. The number of benzene rings is 1. The summed E-state index contributed by atoms with van der Waals surface area (Å²) in [6.45, 7) is 5.72. The minimum Gasteiger partial charge on any atom is -0.479 e. The third-order valence-corrected chi connectivity index (χ3v) is 5.89. The van der Waals surface area contributed by atoms with E-state index in [0.717, 1.165) is 21.0 Å². The van der Waals surface area contributed by atoms with E-state index in [-0.39, 0.29) is 12.0 Å². The Morgan fingerprint density at radius 3 is 2.48 bits per heavy atom. The van der Waals surface area contributed by atoms with E-state index in [1.807, 2.05) is 31.2 Å². The number of hydrogen-bond donors (Lipinski definition) is 2. The Balaban J connectivity index is 1.66. The van der Waals surface area contributed by atoms with Crippen LogP contribution in [0.5, 0.6) is 0 Å². The molecular formula is C24H27N3O5S. The maximum absolute atomic E-state index is 12.7. The Hall–Kier alpha value is -3.14. The minimum atomic E-state index is -1.12. The molecule has 0 bridgehead atoms. The van der Waals surface area contributed by atoms with Gasteiger partial charge in [-0.2, -0.15) is 0 Å². The van der Waals surface area contributed by atoms with Gasteiger partial charge in [0.2, 0.25) is 0 Å². The van der Waals surface area contributed by atoms with Crippen LogP contribution in [0.3, 0.4) is 0 Å². The van der Waals surface area contributed by atoms with Gasteiger partial charge in [0, 0.05) is 36.5 Å². The van der Waals surface area contributed by atoms with Crippen molar-refractivity contribution in [2.75, 3.05) is 7.11 Å². The number of nitrogens with zero attached hydrogens (tertiary/aromatic N) is 2. The Labute approximate surface area is 196 Å². The smallest absolute Gasteiger partial charge is 0.335 e. The molecule has 9 heteroatoms. The summed E-state index contributed by atoms with van der Waals surface area (Å²) >= 11 is 1.45. The topological polar surface area (TPSA) is 111 Å². The summed E-state index contributed by atoms with van der Waals surface area (Å²) in [6.07, 6.45) is 1.28. The molecule has 1 amide bonds. The molecule has 0 saturated heterocycles. The molecule has 0 aliphatic carbocycles. The monoisotopic (exact) mass is 469 g/mol. The number of carbonyl (C=O) groups is 2. The van der Waals surface area contributed by atoms with Crippen LogP contribution in [-0.2, 0) is 20.8 Å². The fraction of sp³-hybridized carbons (Fsp3) is 0.333. The van der Waals surface area contributed by atoms with Crippen molar-refractivity contribution in [3.05, 3.63) is 70.5 Å². The number of pyridine rings is 1. The zero-order valence-corrected chi connectivity index (χ0v) is 19.8. The molecule has 0 aliphatic heterocycles. The fourth-order valence-corrected chi connectivity index (χ4v) is 4.20. The van der Waals surface area contributed by atoms with E-state index >= 15 is 0 Å². The number of thiazole rings is 1. The van der Waals surface area contributed by atoms with Gasteiger partial charge in [-0.1, -0.05) is 24.3 Å². The van der Waals surface area contributed by atoms with E-state index in [1.165, 1.54) is 18.4 Å². The highest BCUT2D eigenvalue weighted by atomic mass is 32.1. The highest BCUT2D eigenvalue weighted by molar-refractivity contribution is 7.15. The third-order valence-electron chi connectivity index (χ3n) is 4.87. The van der Waals surface area contributed by atoms with Crippen molar-refractivity contribution in [1.29, 1.82) is 0 Å². The first-order valence-electron chi connectivity index (χ1n) is 10.5. The van der Waals surface area contributed by atoms with Crippen molar-refractivity contribution in [2.45, 2.75) is 45.6 Å². The van der Waals surface area contributed by atoms with E-state index in [1.54, 1.807) is 38.4 Å². The van der Waals surface area contributed by atoms with Gasteiger partial charge >= 0.3 is 5.97 Å². The normalized spacial score (nSPS) is 13.0. The summed E-state index contributed by atoms with van der Waals surface area (Å²) in [7, 11) is 1.45. The van der Waals surface area contributed by atoms with Crippen LogP contribution in [0.2, 0.25) is 0 Å². The molecule has 174 valence electrons. The van der Waals surface area contributed by atoms with Gasteiger partial charge in [0.25, 0.3) is 5.91 Å². The van der Waals surface area contributed by atoms with Crippen molar-refractivity contribution >= 4 is 23.2 Å². The fourth-order valence-electron chi connectivity index (χ4n) is 3.30. The second-order valence-electron chi connectivity index (χ2n) is 7.69. The highest BCUT2D eigenvalue weighted by Crippen LogP contribution is 2.27. The summed E-state index contributed by atoms with van der Waals surface area (Å²) in [5.41, 5.74) is 2.80. The largest absolute Gasteiger partial charge is 0.479 e. The number of amides is 1. The van der Waals surface area contributed by atoms with Crippen molar-refractivity contribution in [3.8, 4) is 10.6 Å². The molecule has 33 heavy (non-hydrogen) atoms. The average Bonchev–Trinajstić information content (AvgIpc) is 3.20. The van der Waals surface area contributed by atoms with E-state index in [2.05, 4.69) is 15.3 Å². The Kier molecular flexibility index (Phi) is 8.26. The van der Waals surface area contributed by atoms with Gasteiger partial charge in [-0.3, -0.25) is 9.78 Å². The summed E-state index contributed by atoms with van der Waals surface area (Å²) in [5.74, 6) is -1.34. The van der Waals surface area contributed by atoms with Crippen LogP contribution in [0.1, 0.15) is 46.4 Å². The maximum atomic E-state index is 12.7. The summed E-state index contributed by atoms with van der Waals surface area (Å²) in [6, 6.07) is 10.9. The van der Waals surface area contributed by atoms with Gasteiger partial charge < -0.3 is 19.9 Å². The van der Waals surface area contributed by atoms with Crippen molar-refractivity contribution in [3.63, 3.8) is 0 Å². The van der Waals surface area contributed by atoms with Crippen molar-refractivity contribution < 1.29 is 24.2 Å². The molecule has 2 heterocycles. The maximum Gasteiger partial charge on any atom is 0.335 e. The summed E-state index contributed by atoms with van der Waals surface area (Å²) in [4.78, 5) is 33.7. The molecule has 2 atom stereocenters. The van der Waals surface area contributed by atoms with Gasteiger partial charge in [-0.05, 0) is 44.0 Å². The number of carboxylic acids is 1. The SMILES string of the molecule is COC(c1ccc(CNC(=O)c2nc(-c3cccnc3)sc2C)cc1)C(OC(C)C)C(=O)O. The molecule has 3 aromatic rings. The number of aromatic nitrogens is 2. The van der Waals surface area contributed by atoms with Crippen LogP contribution in [0.25, 0.3) is 10.6 Å². The Morgan fingerprint density at radius 1 is 1.18 bits per heavy atom. The zero-order chi connectivity index (χ0) is 24.0. The molecule has 2 aromatic heterocycles. The zero-order valence-electron chi connectivity index (χ0n) is 18.9. The van der Waals surface area contributed by atoms with E-state index in [4.69, 9.17) is 9.47 Å². The van der Waals surface area contributed by atoms with Crippen LogP contribution in [0.15, 0.2) is 48.8 Å². The second kappa shape index (κ2) is 11.1. The number of hydrogen-bond acceptors (Lipinski definition) is 7. The van der Waals surface area contributed by atoms with Crippen LogP contribution in [0, 0.1) is 6.92 Å². The van der Waals surface area contributed by atoms with Gasteiger partial charge in [0.15, 0.2) is 6.10 Å². The number of ether oxygens (including phenoxy) is 2. The molecule has 0 saturated carbocycles. The van der Waals surface area contributed by atoms with Crippen LogP contribution >= 0.6 is 11.3 Å². The second-order valence-corrected chi connectivity index (χ2v) is 8.89. The molecule has 0 radical (unpaired) electrons. The number of nitrogens with one attached hydrogen (secondary N) is 1. The van der Waals surface area contributed by atoms with Crippen LogP contribution < -0.4 is 5.32 Å². The standard InChI is InChI=1S/C24H27N3O5S/c1-14(2)32-21(24(29)30)20(31-4)17-9-7-16(8-10-17)12-26-22(28)19-15(3)33-23(27-19)18-6-5-11-25-13-18/h5-11,13-14,20-21H,12H2,1-4H3,(H,26,28)(H,29,30). The van der Waals surface area contributed by atoms with E-state index in [0.29, 0.717) is 17.8 Å². The molecule has 8 nitrogen and oxygen atoms in total. The van der Waals surface area contributed by atoms with E-state index in [9.17, 15) is 14.7 Å². The summed E-state index contributed by atoms with van der Waals surface area (Å²) in [5, 5.41) is 13.2. The van der Waals surface area contributed by atoms with E-state index < -0.39 is 18.2 Å². The molecular weight excluding hydrogens is 442 g/mol. The third kappa shape index (κ3) is 6.22. The lowest BCUT2D eigenvalue weighted by Crippen LogP contribution is -2.34. The van der Waals surface area contributed by atoms with Gasteiger partial charge in [-0.25, -0.2) is 9.78 Å². The quantitative estimate of drug-likeness (QED) is 0.461. The Bertz CT molecular complexity index is 1080. The van der Waals surface area contributed by atoms with Gasteiger partial charge in [-0.15, -0.1) is 11.3 Å². The molecule has 0 fully saturated rings. The number of aliphatic carboxylic acids is 1. The predicted octanol–water partition coefficient (Wildman–Crippen LogP) is 4.01. The first kappa shape index (κ1) is 24.5. The first-order chi connectivity index (χ1) is 15.8. The minimum absolute atomic E-state index is 0.256. The number of methoxy groups -OCH3 is 1. The predicted molar refractivity (Wildman–Crippen MR) is 125 cm³/mol. The molecule has 1 aromatic carbocycles. The average molecular weight is 470 g/mol. The van der Waals surface area contributed by atoms with Crippen LogP contribution in [0.4, 0.5) is 0 Å². The lowest BCUT2D eigenvalue weighted by atomic mass is 10.0. The molecule has 0 aliphatic rings.